The van der Waals surface area contributed by atoms with Crippen LogP contribution in [0.1, 0.15) is 40.0 Å². The van der Waals surface area contributed by atoms with E-state index in [4.69, 9.17) is 4.74 Å². The van der Waals surface area contributed by atoms with Crippen LogP contribution in [-0.2, 0) is 4.74 Å². The highest BCUT2D eigenvalue weighted by Gasteiger charge is 2.50. The van der Waals surface area contributed by atoms with E-state index in [1.807, 2.05) is 0 Å². The molecule has 3 atom stereocenters. The minimum atomic E-state index is -0.367. The largest absolute Gasteiger partial charge is 0.389 e. The molecule has 2 bridgehead atoms. The lowest BCUT2D eigenvalue weighted by Gasteiger charge is -2.56. The summed E-state index contributed by atoms with van der Waals surface area (Å²) in [5, 5.41) is 10.3. The SMILES string of the molecule is CCCN1CCN(C[C@H](O)COCC2=CC[C@H]3C[C@@H]2C3(C)C)CC1. The number of piperazine rings is 1. The van der Waals surface area contributed by atoms with Crippen molar-refractivity contribution in [3.05, 3.63) is 11.6 Å². The Bertz CT molecular complexity index is 441. The average Bonchev–Trinajstić information content (AvgIpc) is 2.57. The molecular formula is C20H36N2O2. The van der Waals surface area contributed by atoms with Crippen LogP contribution < -0.4 is 0 Å². The van der Waals surface area contributed by atoms with Gasteiger partial charge in [-0.05, 0) is 48.6 Å². The molecule has 1 aliphatic heterocycles. The van der Waals surface area contributed by atoms with Crippen molar-refractivity contribution in [2.24, 2.45) is 17.3 Å². The topological polar surface area (TPSA) is 35.9 Å². The van der Waals surface area contributed by atoms with E-state index in [-0.39, 0.29) is 6.10 Å². The highest BCUT2D eigenvalue weighted by molar-refractivity contribution is 5.23. The van der Waals surface area contributed by atoms with Gasteiger partial charge in [0, 0.05) is 32.7 Å². The van der Waals surface area contributed by atoms with Gasteiger partial charge in [0.05, 0.1) is 19.3 Å². The number of rotatable bonds is 8. The molecule has 0 aromatic carbocycles. The van der Waals surface area contributed by atoms with E-state index in [9.17, 15) is 5.11 Å². The van der Waals surface area contributed by atoms with Gasteiger partial charge in [0.2, 0.25) is 0 Å². The molecule has 2 fully saturated rings. The molecule has 0 spiro atoms. The molecule has 1 N–H and O–H groups in total. The Morgan fingerprint density at radius 3 is 2.58 bits per heavy atom. The zero-order valence-electron chi connectivity index (χ0n) is 15.8. The monoisotopic (exact) mass is 336 g/mol. The van der Waals surface area contributed by atoms with E-state index in [1.54, 1.807) is 0 Å². The fourth-order valence-corrected chi connectivity index (χ4v) is 4.82. The van der Waals surface area contributed by atoms with Gasteiger partial charge in [0.25, 0.3) is 0 Å². The van der Waals surface area contributed by atoms with Crippen LogP contribution >= 0.6 is 0 Å². The van der Waals surface area contributed by atoms with E-state index in [0.717, 1.165) is 38.6 Å². The van der Waals surface area contributed by atoms with Crippen molar-refractivity contribution in [3.63, 3.8) is 0 Å². The Kier molecular flexibility index (Phi) is 6.02. The summed E-state index contributed by atoms with van der Waals surface area (Å²) in [6, 6.07) is 0. The Labute approximate surface area is 147 Å². The lowest BCUT2D eigenvalue weighted by molar-refractivity contribution is -0.0274. The summed E-state index contributed by atoms with van der Waals surface area (Å²) in [7, 11) is 0. The number of hydrogen-bond donors (Lipinski definition) is 1. The van der Waals surface area contributed by atoms with Crippen LogP contribution in [0.15, 0.2) is 11.6 Å². The third-order valence-corrected chi connectivity index (χ3v) is 6.64. The maximum atomic E-state index is 10.3. The van der Waals surface area contributed by atoms with Gasteiger partial charge in [-0.3, -0.25) is 4.90 Å². The summed E-state index contributed by atoms with van der Waals surface area (Å²) in [5.41, 5.74) is 1.94. The number of hydrogen-bond acceptors (Lipinski definition) is 4. The highest BCUT2D eigenvalue weighted by Crippen LogP contribution is 2.59. The standard InChI is InChI=1S/C20H36N2O2/c1-4-7-21-8-10-22(11-9-21)13-18(23)15-24-14-16-5-6-17-12-19(16)20(17,2)3/h5,17-19,23H,4,6-15H2,1-3H3/t17-,18-,19-/m0/s1. The quantitative estimate of drug-likeness (QED) is 0.691. The number of fused-ring (bicyclic) bond motifs is 1. The molecule has 0 unspecified atom stereocenters. The first-order valence-electron chi connectivity index (χ1n) is 9.90. The normalized spacial score (nSPS) is 31.4. The van der Waals surface area contributed by atoms with Crippen LogP contribution in [0.4, 0.5) is 0 Å². The van der Waals surface area contributed by atoms with Crippen LogP contribution in [0.3, 0.4) is 0 Å². The number of aliphatic hydroxyl groups is 1. The molecule has 1 heterocycles. The number of β-amino-alcohol motifs (C(OH)–C–C–N with tert-alkyl or cyclic N) is 1. The molecule has 0 radical (unpaired) electrons. The molecule has 138 valence electrons. The second-order valence-corrected chi connectivity index (χ2v) is 8.63. The second kappa shape index (κ2) is 7.86. The number of aliphatic hydroxyl groups excluding tert-OH is 1. The van der Waals surface area contributed by atoms with Crippen LogP contribution in [0, 0.1) is 17.3 Å². The van der Waals surface area contributed by atoms with Crippen molar-refractivity contribution in [2.45, 2.75) is 46.1 Å². The number of ether oxygens (including phenoxy) is 1. The van der Waals surface area contributed by atoms with E-state index in [0.29, 0.717) is 24.5 Å². The first-order chi connectivity index (χ1) is 11.5. The molecule has 24 heavy (non-hydrogen) atoms. The molecular weight excluding hydrogens is 300 g/mol. The van der Waals surface area contributed by atoms with Crippen LogP contribution in [-0.4, -0.2) is 73.5 Å². The van der Waals surface area contributed by atoms with Gasteiger partial charge in [0.1, 0.15) is 0 Å². The van der Waals surface area contributed by atoms with Gasteiger partial charge in [-0.15, -0.1) is 0 Å². The summed E-state index contributed by atoms with van der Waals surface area (Å²) in [4.78, 5) is 4.89. The lowest BCUT2D eigenvalue weighted by Crippen LogP contribution is -2.49. The molecule has 4 aliphatic rings. The van der Waals surface area contributed by atoms with Gasteiger partial charge < -0.3 is 14.7 Å². The first kappa shape index (κ1) is 18.4. The van der Waals surface area contributed by atoms with Gasteiger partial charge in [-0.2, -0.15) is 0 Å². The minimum absolute atomic E-state index is 0.367. The summed E-state index contributed by atoms with van der Waals surface area (Å²) in [6.45, 7) is 14.5. The van der Waals surface area contributed by atoms with Gasteiger partial charge in [-0.1, -0.05) is 26.8 Å². The Morgan fingerprint density at radius 2 is 1.96 bits per heavy atom. The summed E-state index contributed by atoms with van der Waals surface area (Å²) >= 11 is 0. The second-order valence-electron chi connectivity index (χ2n) is 8.63. The molecule has 4 rings (SSSR count). The molecule has 3 aliphatic carbocycles. The lowest BCUT2D eigenvalue weighted by atomic mass is 9.49. The Hall–Kier alpha value is -0.420. The third-order valence-electron chi connectivity index (χ3n) is 6.64. The van der Waals surface area contributed by atoms with Crippen molar-refractivity contribution in [1.82, 2.24) is 9.80 Å². The Morgan fingerprint density at radius 1 is 1.25 bits per heavy atom. The predicted octanol–water partition coefficient (Wildman–Crippen LogP) is 2.38. The fourth-order valence-electron chi connectivity index (χ4n) is 4.82. The molecule has 4 nitrogen and oxygen atoms in total. The fraction of sp³-hybridized carbons (Fsp3) is 0.900. The van der Waals surface area contributed by atoms with E-state index < -0.39 is 0 Å². The molecule has 0 aromatic rings. The Balaban J connectivity index is 1.32. The van der Waals surface area contributed by atoms with Gasteiger partial charge in [0.15, 0.2) is 0 Å². The van der Waals surface area contributed by atoms with Crippen molar-refractivity contribution in [1.29, 1.82) is 0 Å². The van der Waals surface area contributed by atoms with Crippen molar-refractivity contribution >= 4 is 0 Å². The van der Waals surface area contributed by atoms with Crippen molar-refractivity contribution < 1.29 is 9.84 Å². The maximum absolute atomic E-state index is 10.3. The maximum Gasteiger partial charge on any atom is 0.0900 e. The predicted molar refractivity (Wildman–Crippen MR) is 98.1 cm³/mol. The number of nitrogens with zero attached hydrogens (tertiary/aromatic N) is 2. The van der Waals surface area contributed by atoms with Crippen molar-refractivity contribution in [3.8, 4) is 0 Å². The molecule has 1 saturated carbocycles. The van der Waals surface area contributed by atoms with Gasteiger partial charge in [-0.25, -0.2) is 0 Å². The zero-order valence-corrected chi connectivity index (χ0v) is 15.8. The van der Waals surface area contributed by atoms with Crippen LogP contribution in [0.2, 0.25) is 0 Å². The van der Waals surface area contributed by atoms with E-state index in [1.165, 1.54) is 31.4 Å². The third kappa shape index (κ3) is 4.04. The van der Waals surface area contributed by atoms with Gasteiger partial charge >= 0.3 is 0 Å². The van der Waals surface area contributed by atoms with Crippen LogP contribution in [0.25, 0.3) is 0 Å². The van der Waals surface area contributed by atoms with Crippen LogP contribution in [0.5, 0.6) is 0 Å². The summed E-state index contributed by atoms with van der Waals surface area (Å²) in [5.74, 6) is 1.59. The molecule has 4 heteroatoms. The summed E-state index contributed by atoms with van der Waals surface area (Å²) in [6.07, 6.45) is 5.81. The van der Waals surface area contributed by atoms with E-state index in [2.05, 4.69) is 36.6 Å². The summed E-state index contributed by atoms with van der Waals surface area (Å²) < 4.78 is 5.87. The smallest absolute Gasteiger partial charge is 0.0900 e. The zero-order chi connectivity index (χ0) is 17.2. The van der Waals surface area contributed by atoms with E-state index >= 15 is 0 Å². The molecule has 1 saturated heterocycles. The number of allylic oxidation sites excluding steroid dienone is 1. The highest BCUT2D eigenvalue weighted by atomic mass is 16.5. The minimum Gasteiger partial charge on any atom is -0.389 e. The molecule has 0 aromatic heterocycles. The first-order valence-corrected chi connectivity index (χ1v) is 9.90. The average molecular weight is 337 g/mol. The van der Waals surface area contributed by atoms with Crippen molar-refractivity contribution in [2.75, 3.05) is 52.5 Å². The molecule has 0 amide bonds.